The zero-order valence-corrected chi connectivity index (χ0v) is 26.8. The normalized spacial score (nSPS) is 12.8. The first-order valence-electron chi connectivity index (χ1n) is 11.7. The van der Waals surface area contributed by atoms with Gasteiger partial charge in [0.25, 0.3) is 0 Å². The van der Waals surface area contributed by atoms with Gasteiger partial charge >= 0.3 is 41.3 Å². The van der Waals surface area contributed by atoms with Gasteiger partial charge in [-0.05, 0) is 35.4 Å². The number of hydrogen-bond donors (Lipinski definition) is 0. The molecule has 2 aromatic rings. The summed E-state index contributed by atoms with van der Waals surface area (Å²) in [7, 11) is 0. The monoisotopic (exact) mass is 574 g/mol. The Morgan fingerprint density at radius 2 is 1.38 bits per heavy atom. The van der Waals surface area contributed by atoms with Gasteiger partial charge in [-0.1, -0.05) is 71.6 Å². The summed E-state index contributed by atoms with van der Waals surface area (Å²) in [5.74, 6) is 0. The first kappa shape index (κ1) is 33.3. The summed E-state index contributed by atoms with van der Waals surface area (Å²) >= 11 is 1.55. The molecule has 0 nitrogen and oxygen atoms in total. The minimum absolute atomic E-state index is 0. The van der Waals surface area contributed by atoms with Gasteiger partial charge in [0, 0.05) is 0 Å². The first-order valence-corrected chi connectivity index (χ1v) is 12.9. The van der Waals surface area contributed by atoms with Crippen LogP contribution >= 0.6 is 24.8 Å². The van der Waals surface area contributed by atoms with Crippen LogP contribution in [-0.4, -0.2) is 3.21 Å². The summed E-state index contributed by atoms with van der Waals surface area (Å²) in [6.45, 7) is 22.5. The second-order valence-electron chi connectivity index (χ2n) is 11.2. The molecule has 2 aliphatic carbocycles. The Hall–Kier alpha value is -0.747. The average molecular weight is 577 g/mol. The van der Waals surface area contributed by atoms with E-state index in [9.17, 15) is 0 Å². The molecule has 0 N–H and O–H groups in total. The molecule has 3 heteroatoms. The number of benzene rings is 2. The van der Waals surface area contributed by atoms with Crippen molar-refractivity contribution in [2.45, 2.75) is 92.9 Å². The Kier molecular flexibility index (Phi) is 13.2. The minimum Gasteiger partial charge on any atom is -0.273 e. The third-order valence-electron chi connectivity index (χ3n) is 5.67. The molecule has 0 heterocycles. The van der Waals surface area contributed by atoms with E-state index in [2.05, 4.69) is 106 Å². The van der Waals surface area contributed by atoms with Gasteiger partial charge in [-0.2, -0.15) is 23.8 Å². The Morgan fingerprint density at radius 3 is 1.79 bits per heavy atom. The third kappa shape index (κ3) is 9.04. The molecule has 184 valence electrons. The first-order chi connectivity index (χ1) is 14.7. The van der Waals surface area contributed by atoms with Crippen LogP contribution in [0.1, 0.15) is 95.2 Å². The summed E-state index contributed by atoms with van der Waals surface area (Å²) < 4.78 is 1.51. The van der Waals surface area contributed by atoms with Gasteiger partial charge < -0.3 is 0 Å². The van der Waals surface area contributed by atoms with Crippen molar-refractivity contribution in [1.82, 2.24) is 0 Å². The van der Waals surface area contributed by atoms with Crippen LogP contribution < -0.4 is 0 Å². The number of hydrogen-bond acceptors (Lipinski definition) is 0. The molecule has 0 atom stereocenters. The van der Waals surface area contributed by atoms with Crippen LogP contribution in [0, 0.1) is 26.0 Å². The largest absolute Gasteiger partial charge is 0.273 e. The van der Waals surface area contributed by atoms with Gasteiger partial charge in [0.2, 0.25) is 0 Å². The van der Waals surface area contributed by atoms with Crippen LogP contribution in [0.3, 0.4) is 0 Å². The zero-order chi connectivity index (χ0) is 24.3. The van der Waals surface area contributed by atoms with Crippen molar-refractivity contribution in [2.24, 2.45) is 0 Å². The molecule has 4 rings (SSSR count). The maximum absolute atomic E-state index is 3.69. The van der Waals surface area contributed by atoms with E-state index in [1.54, 1.807) is 24.2 Å². The SMILES string of the molecule is C[C](C)=[Zr+2].Cc1[c-]c2c(cc1C(C)(C)C)-c1cc(C(C)(C)C)c(C)cc1C2.Cl.Cl.[C-]1=CC=CC1. The summed E-state index contributed by atoms with van der Waals surface area (Å²) in [5.41, 5.74) is 11.6. The molecular weight excluding hydrogens is 534 g/mol. The fourth-order valence-corrected chi connectivity index (χ4v) is 4.36. The quantitative estimate of drug-likeness (QED) is 0.234. The molecule has 0 spiro atoms. The van der Waals surface area contributed by atoms with Crippen molar-refractivity contribution in [3.05, 3.63) is 82.0 Å². The second-order valence-corrected chi connectivity index (χ2v) is 13.7. The maximum atomic E-state index is 3.69. The number of allylic oxidation sites excluding steroid dienone is 4. The van der Waals surface area contributed by atoms with E-state index in [1.807, 2.05) is 12.2 Å². The second kappa shape index (κ2) is 13.5. The molecule has 0 unspecified atom stereocenters. The molecular formula is C31H42Cl2Zr. The molecule has 2 aliphatic rings. The molecule has 34 heavy (non-hydrogen) atoms. The molecule has 0 saturated carbocycles. The van der Waals surface area contributed by atoms with Crippen molar-refractivity contribution in [3.8, 4) is 11.1 Å². The van der Waals surface area contributed by atoms with Crippen molar-refractivity contribution in [1.29, 1.82) is 0 Å². The van der Waals surface area contributed by atoms with Crippen LogP contribution in [0.25, 0.3) is 11.1 Å². The number of halogens is 2. The van der Waals surface area contributed by atoms with Crippen LogP contribution in [0.5, 0.6) is 0 Å². The van der Waals surface area contributed by atoms with Gasteiger partial charge in [0.05, 0.1) is 0 Å². The van der Waals surface area contributed by atoms with Crippen molar-refractivity contribution >= 4 is 28.0 Å². The van der Waals surface area contributed by atoms with Crippen LogP contribution in [-0.2, 0) is 41.5 Å². The van der Waals surface area contributed by atoms with E-state index in [1.165, 1.54) is 47.7 Å². The third-order valence-corrected chi connectivity index (χ3v) is 5.67. The van der Waals surface area contributed by atoms with Gasteiger partial charge in [-0.25, -0.2) is 12.2 Å². The van der Waals surface area contributed by atoms with E-state index in [4.69, 9.17) is 0 Å². The van der Waals surface area contributed by atoms with Gasteiger partial charge in [0.15, 0.2) is 0 Å². The fraction of sp³-hybridized carbons (Fsp3) is 0.452. The smallest absolute Gasteiger partial charge is 0.0129 e. The van der Waals surface area contributed by atoms with Crippen LogP contribution in [0.2, 0.25) is 0 Å². The molecule has 0 bridgehead atoms. The Balaban J connectivity index is 0.000000840. The molecule has 2 aromatic carbocycles. The van der Waals surface area contributed by atoms with E-state index in [-0.39, 0.29) is 35.6 Å². The van der Waals surface area contributed by atoms with E-state index >= 15 is 0 Å². The van der Waals surface area contributed by atoms with Crippen LogP contribution in [0.4, 0.5) is 0 Å². The standard InChI is InChI=1S/C23H29.C5H5.C3H6.2ClH.Zr/c1-14-9-16-11-17-10-15(2)21(23(6,7)8)13-19(17)18(16)12-20(14)22(3,4)5;1-2-4-5-3-1;1-3-2;;;/h9,12-13H,11H2,1-8H3;1-3H,4H2;1-2H3;2*1H;/q2*-1;;;;+2. The Labute approximate surface area is 236 Å². The predicted octanol–water partition coefficient (Wildman–Crippen LogP) is 9.16. The van der Waals surface area contributed by atoms with Crippen molar-refractivity contribution in [2.75, 3.05) is 0 Å². The minimum atomic E-state index is 0. The van der Waals surface area contributed by atoms with Crippen molar-refractivity contribution < 1.29 is 24.2 Å². The maximum Gasteiger partial charge on any atom is -0.0129 e. The molecule has 0 radical (unpaired) electrons. The van der Waals surface area contributed by atoms with Gasteiger partial charge in [-0.15, -0.1) is 47.9 Å². The van der Waals surface area contributed by atoms with Gasteiger partial charge in [-0.3, -0.25) is 6.08 Å². The molecule has 0 saturated heterocycles. The van der Waals surface area contributed by atoms with Crippen LogP contribution in [0.15, 0.2) is 36.4 Å². The van der Waals surface area contributed by atoms with E-state index in [0.29, 0.717) is 0 Å². The zero-order valence-electron chi connectivity index (χ0n) is 22.7. The Morgan fingerprint density at radius 1 is 0.853 bits per heavy atom. The topological polar surface area (TPSA) is 0 Å². The van der Waals surface area contributed by atoms with E-state index < -0.39 is 0 Å². The van der Waals surface area contributed by atoms with Gasteiger partial charge in [0.1, 0.15) is 0 Å². The summed E-state index contributed by atoms with van der Waals surface area (Å²) in [5, 5.41) is 0. The molecule has 0 aromatic heterocycles. The average Bonchev–Trinajstić information content (AvgIpc) is 3.28. The summed E-state index contributed by atoms with van der Waals surface area (Å²) in [6.07, 6.45) is 11.0. The predicted molar refractivity (Wildman–Crippen MR) is 153 cm³/mol. The summed E-state index contributed by atoms with van der Waals surface area (Å²) in [4.78, 5) is 0. The Bertz CT molecular complexity index is 963. The number of aryl methyl sites for hydroxylation is 2. The summed E-state index contributed by atoms with van der Waals surface area (Å²) in [6, 6.07) is 10.9. The number of fused-ring (bicyclic) bond motifs is 3. The molecule has 0 aliphatic heterocycles. The molecule has 0 fully saturated rings. The molecule has 0 amide bonds. The van der Waals surface area contributed by atoms with E-state index in [0.717, 1.165) is 12.8 Å². The van der Waals surface area contributed by atoms with Crippen molar-refractivity contribution in [3.63, 3.8) is 0 Å². The fourth-order valence-electron chi connectivity index (χ4n) is 4.36. The number of rotatable bonds is 0.